The maximum Gasteiger partial charge on any atom is 0.361 e. The number of rotatable bonds is 4. The predicted octanol–water partition coefficient (Wildman–Crippen LogP) is 1.43. The van der Waals surface area contributed by atoms with Gasteiger partial charge in [-0.25, -0.2) is 4.79 Å². The quantitative estimate of drug-likeness (QED) is 0.510. The van der Waals surface area contributed by atoms with Gasteiger partial charge in [0.2, 0.25) is 0 Å². The summed E-state index contributed by atoms with van der Waals surface area (Å²) in [5.74, 6) is -0.752. The van der Waals surface area contributed by atoms with Crippen molar-refractivity contribution >= 4 is 11.7 Å². The first-order valence-electron chi connectivity index (χ1n) is 5.85. The summed E-state index contributed by atoms with van der Waals surface area (Å²) < 4.78 is 4.81. The number of nitriles is 1. The van der Waals surface area contributed by atoms with Crippen molar-refractivity contribution in [2.75, 3.05) is 6.61 Å². The van der Waals surface area contributed by atoms with Crippen LogP contribution in [-0.2, 0) is 4.74 Å². The van der Waals surface area contributed by atoms with E-state index in [1.54, 1.807) is 13.0 Å². The van der Waals surface area contributed by atoms with Crippen molar-refractivity contribution in [1.29, 1.82) is 5.26 Å². The third-order valence-electron chi connectivity index (χ3n) is 2.61. The molecule has 1 N–H and O–H groups in total. The minimum Gasteiger partial charge on any atom is -0.461 e. The van der Waals surface area contributed by atoms with E-state index in [9.17, 15) is 14.9 Å². The van der Waals surface area contributed by atoms with Crippen molar-refractivity contribution in [3.63, 3.8) is 0 Å². The molecule has 2 aromatic rings. The molecule has 2 rings (SSSR count). The predicted molar refractivity (Wildman–Crippen MR) is 69.1 cm³/mol. The van der Waals surface area contributed by atoms with Crippen LogP contribution in [-0.4, -0.2) is 32.9 Å². The molecule has 0 radical (unpaired) electrons. The lowest BCUT2D eigenvalue weighted by Gasteiger charge is -2.03. The number of hydrogen-bond acceptors (Lipinski definition) is 7. The second-order valence-electron chi connectivity index (χ2n) is 3.81. The van der Waals surface area contributed by atoms with Crippen LogP contribution < -0.4 is 0 Å². The monoisotopic (exact) mass is 287 g/mol. The highest BCUT2D eigenvalue weighted by Gasteiger charge is 2.27. The Morgan fingerprint density at radius 3 is 2.90 bits per heavy atom. The minimum atomic E-state index is -0.752. The molecule has 0 saturated carbocycles. The number of ether oxygens (including phenoxy) is 1. The van der Waals surface area contributed by atoms with Gasteiger partial charge in [0.15, 0.2) is 5.69 Å². The minimum absolute atomic E-state index is 0.0239. The maximum absolute atomic E-state index is 11.8. The average Bonchev–Trinajstić information content (AvgIpc) is 2.95. The fourth-order valence-corrected chi connectivity index (χ4v) is 1.78. The summed E-state index contributed by atoms with van der Waals surface area (Å²) in [6.45, 7) is 1.75. The molecule has 0 bridgehead atoms. The number of benzene rings is 1. The molecule has 0 saturated heterocycles. The van der Waals surface area contributed by atoms with Gasteiger partial charge in [0, 0.05) is 0 Å². The molecule has 1 aromatic heterocycles. The number of esters is 1. The zero-order valence-electron chi connectivity index (χ0n) is 10.9. The lowest BCUT2D eigenvalue weighted by molar-refractivity contribution is -0.384. The Balaban J connectivity index is 2.64. The van der Waals surface area contributed by atoms with Crippen molar-refractivity contribution in [2.24, 2.45) is 0 Å². The fraction of sp³-hybridized carbons (Fsp3) is 0.167. The summed E-state index contributed by atoms with van der Waals surface area (Å²) in [5.41, 5.74) is -0.738. The van der Waals surface area contributed by atoms with E-state index in [0.717, 1.165) is 0 Å². The van der Waals surface area contributed by atoms with E-state index in [4.69, 9.17) is 10.00 Å². The summed E-state index contributed by atoms with van der Waals surface area (Å²) in [4.78, 5) is 22.2. The summed E-state index contributed by atoms with van der Waals surface area (Å²) >= 11 is 0. The van der Waals surface area contributed by atoms with Crippen LogP contribution in [0.25, 0.3) is 11.3 Å². The number of nitro benzene ring substituents is 1. The van der Waals surface area contributed by atoms with Crippen LogP contribution in [0.15, 0.2) is 18.2 Å². The average molecular weight is 287 g/mol. The Kier molecular flexibility index (Phi) is 3.90. The van der Waals surface area contributed by atoms with Gasteiger partial charge < -0.3 is 4.74 Å². The largest absolute Gasteiger partial charge is 0.461 e. The molecule has 0 aliphatic rings. The van der Waals surface area contributed by atoms with E-state index in [2.05, 4.69) is 15.4 Å². The SMILES string of the molecule is CCOC(=O)c1n[nH]nc1-c1cccc(C#N)c1[N+](=O)[O-]. The van der Waals surface area contributed by atoms with Gasteiger partial charge >= 0.3 is 5.97 Å². The van der Waals surface area contributed by atoms with Crippen LogP contribution in [0, 0.1) is 21.4 Å². The van der Waals surface area contributed by atoms with Crippen molar-refractivity contribution in [1.82, 2.24) is 15.4 Å². The highest BCUT2D eigenvalue weighted by molar-refractivity contribution is 5.95. The Labute approximate surface area is 118 Å². The number of nitrogens with zero attached hydrogens (tertiary/aromatic N) is 4. The van der Waals surface area contributed by atoms with Crippen LogP contribution in [0.5, 0.6) is 0 Å². The molecule has 21 heavy (non-hydrogen) atoms. The first-order valence-corrected chi connectivity index (χ1v) is 5.85. The van der Waals surface area contributed by atoms with Crippen molar-refractivity contribution in [3.05, 3.63) is 39.6 Å². The normalized spacial score (nSPS) is 9.90. The van der Waals surface area contributed by atoms with Gasteiger partial charge in [-0.2, -0.15) is 15.6 Å². The van der Waals surface area contributed by atoms with Gasteiger partial charge in [-0.05, 0) is 19.1 Å². The fourth-order valence-electron chi connectivity index (χ4n) is 1.78. The molecule has 0 aliphatic carbocycles. The second kappa shape index (κ2) is 5.79. The van der Waals surface area contributed by atoms with Gasteiger partial charge in [-0.15, -0.1) is 5.10 Å². The van der Waals surface area contributed by atoms with E-state index >= 15 is 0 Å². The summed E-state index contributed by atoms with van der Waals surface area (Å²) in [6, 6.07) is 5.90. The number of aromatic nitrogens is 3. The highest BCUT2D eigenvalue weighted by Crippen LogP contribution is 2.32. The van der Waals surface area contributed by atoms with E-state index in [1.807, 2.05) is 0 Å². The smallest absolute Gasteiger partial charge is 0.361 e. The number of hydrogen-bond donors (Lipinski definition) is 1. The third kappa shape index (κ3) is 2.55. The Morgan fingerprint density at radius 2 is 2.29 bits per heavy atom. The van der Waals surface area contributed by atoms with Crippen molar-refractivity contribution in [3.8, 4) is 17.3 Å². The van der Waals surface area contributed by atoms with Crippen LogP contribution in [0.2, 0.25) is 0 Å². The Morgan fingerprint density at radius 1 is 1.52 bits per heavy atom. The van der Waals surface area contributed by atoms with E-state index in [0.29, 0.717) is 0 Å². The van der Waals surface area contributed by atoms with E-state index in [1.165, 1.54) is 18.2 Å². The number of H-pyrrole nitrogens is 1. The van der Waals surface area contributed by atoms with E-state index in [-0.39, 0.29) is 29.1 Å². The highest BCUT2D eigenvalue weighted by atomic mass is 16.6. The molecule has 0 amide bonds. The molecule has 0 fully saturated rings. The zero-order chi connectivity index (χ0) is 15.4. The lowest BCUT2D eigenvalue weighted by atomic mass is 10.0. The molecule has 9 nitrogen and oxygen atoms in total. The summed E-state index contributed by atoms with van der Waals surface area (Å²) in [6.07, 6.45) is 0. The number of nitrogens with one attached hydrogen (secondary N) is 1. The number of carbonyl (C=O) groups is 1. The zero-order valence-corrected chi connectivity index (χ0v) is 10.9. The standard InChI is InChI=1S/C12H9N5O4/c1-2-21-12(18)10-9(14-16-15-10)8-5-3-4-7(6-13)11(8)17(19)20/h3-5H,2H2,1H3,(H,14,15,16). The van der Waals surface area contributed by atoms with E-state index < -0.39 is 16.6 Å². The molecule has 0 aliphatic heterocycles. The third-order valence-corrected chi connectivity index (χ3v) is 2.61. The molecule has 1 heterocycles. The molecule has 0 atom stereocenters. The lowest BCUT2D eigenvalue weighted by Crippen LogP contribution is -2.07. The van der Waals surface area contributed by atoms with Crippen molar-refractivity contribution in [2.45, 2.75) is 6.92 Å². The van der Waals surface area contributed by atoms with Gasteiger partial charge in [-0.1, -0.05) is 6.07 Å². The van der Waals surface area contributed by atoms with Gasteiger partial charge in [-0.3, -0.25) is 10.1 Å². The first kappa shape index (κ1) is 14.1. The Bertz CT molecular complexity index is 746. The topological polar surface area (TPSA) is 135 Å². The molecule has 9 heteroatoms. The first-order chi connectivity index (χ1) is 10.1. The van der Waals surface area contributed by atoms with Crippen LogP contribution in [0.4, 0.5) is 5.69 Å². The second-order valence-corrected chi connectivity index (χ2v) is 3.81. The molecule has 0 spiro atoms. The van der Waals surface area contributed by atoms with Gasteiger partial charge in [0.25, 0.3) is 5.69 Å². The van der Waals surface area contributed by atoms with Crippen molar-refractivity contribution < 1.29 is 14.5 Å². The van der Waals surface area contributed by atoms with Gasteiger partial charge in [0.1, 0.15) is 17.3 Å². The van der Waals surface area contributed by atoms with Gasteiger partial charge in [0.05, 0.1) is 17.1 Å². The number of para-hydroxylation sites is 1. The number of aromatic amines is 1. The maximum atomic E-state index is 11.8. The number of carbonyl (C=O) groups excluding carboxylic acids is 1. The van der Waals surface area contributed by atoms with Crippen LogP contribution in [0.1, 0.15) is 23.0 Å². The van der Waals surface area contributed by atoms with Crippen LogP contribution in [0.3, 0.4) is 0 Å². The summed E-state index contributed by atoms with van der Waals surface area (Å²) in [7, 11) is 0. The molecular formula is C12H9N5O4. The van der Waals surface area contributed by atoms with Crippen LogP contribution >= 0.6 is 0 Å². The molecule has 106 valence electrons. The molecule has 1 aromatic carbocycles. The Hall–Kier alpha value is -3.28. The number of nitro groups is 1. The molecular weight excluding hydrogens is 278 g/mol. The molecule has 0 unspecified atom stereocenters. The summed E-state index contributed by atoms with van der Waals surface area (Å²) in [5, 5.41) is 29.8.